The van der Waals surface area contributed by atoms with Crippen LogP contribution >= 0.6 is 0 Å². The van der Waals surface area contributed by atoms with Crippen LogP contribution in [0.2, 0.25) is 0 Å². The predicted molar refractivity (Wildman–Crippen MR) is 113 cm³/mol. The van der Waals surface area contributed by atoms with Crippen molar-refractivity contribution >= 4 is 11.9 Å². The molecule has 166 valence electrons. The molecule has 0 unspecified atom stereocenters. The number of aliphatic carboxylic acids is 1. The number of carbonyl (C=O) groups is 2. The number of nitrogens with zero attached hydrogens (tertiary/aromatic N) is 3. The van der Waals surface area contributed by atoms with Crippen molar-refractivity contribution < 1.29 is 28.7 Å². The molecule has 9 nitrogen and oxygen atoms in total. The molecule has 9 heteroatoms. The zero-order valence-corrected chi connectivity index (χ0v) is 17.3. The molecule has 32 heavy (non-hydrogen) atoms. The van der Waals surface area contributed by atoms with Gasteiger partial charge < -0.3 is 24.0 Å². The molecule has 1 atom stereocenters. The molecule has 2 aromatic carbocycles. The SMILES string of the molecule is O=C(O)COc1cccc(-c2noc([C@H]3CCCCN3C(=O)COc3ccccc3)n2)c1. The molecule has 1 N–H and O–H groups in total. The highest BCUT2D eigenvalue weighted by Gasteiger charge is 2.32. The Bertz CT molecular complexity index is 1070. The molecule has 0 spiro atoms. The number of aromatic nitrogens is 2. The van der Waals surface area contributed by atoms with Crippen molar-refractivity contribution in [3.05, 3.63) is 60.5 Å². The molecule has 3 aromatic rings. The van der Waals surface area contributed by atoms with Gasteiger partial charge in [0.2, 0.25) is 11.7 Å². The lowest BCUT2D eigenvalue weighted by Gasteiger charge is -2.33. The van der Waals surface area contributed by atoms with Gasteiger partial charge >= 0.3 is 5.97 Å². The molecule has 1 aromatic heterocycles. The van der Waals surface area contributed by atoms with Crippen LogP contribution in [0.4, 0.5) is 0 Å². The van der Waals surface area contributed by atoms with Crippen molar-refractivity contribution in [3.63, 3.8) is 0 Å². The van der Waals surface area contributed by atoms with Crippen molar-refractivity contribution in [2.24, 2.45) is 0 Å². The van der Waals surface area contributed by atoms with Crippen LogP contribution in [0.15, 0.2) is 59.1 Å². The van der Waals surface area contributed by atoms with E-state index in [0.717, 1.165) is 19.3 Å². The first-order valence-corrected chi connectivity index (χ1v) is 10.4. The number of likely N-dealkylation sites (tertiary alicyclic amines) is 1. The zero-order chi connectivity index (χ0) is 22.3. The second-order valence-electron chi connectivity index (χ2n) is 7.37. The second kappa shape index (κ2) is 9.95. The summed E-state index contributed by atoms with van der Waals surface area (Å²) in [6.45, 7) is 0.0908. The number of carboxylic acids is 1. The Hall–Kier alpha value is -3.88. The Morgan fingerprint density at radius 3 is 2.62 bits per heavy atom. The monoisotopic (exact) mass is 437 g/mol. The van der Waals surface area contributed by atoms with E-state index < -0.39 is 12.6 Å². The van der Waals surface area contributed by atoms with Gasteiger partial charge in [0.25, 0.3) is 5.91 Å². The molecule has 0 aliphatic carbocycles. The van der Waals surface area contributed by atoms with E-state index in [1.165, 1.54) is 0 Å². The van der Waals surface area contributed by atoms with Crippen molar-refractivity contribution in [3.8, 4) is 22.9 Å². The van der Waals surface area contributed by atoms with Gasteiger partial charge in [0, 0.05) is 12.1 Å². The molecular weight excluding hydrogens is 414 g/mol. The topological polar surface area (TPSA) is 115 Å². The van der Waals surface area contributed by atoms with Gasteiger partial charge in [-0.3, -0.25) is 4.79 Å². The third-order valence-electron chi connectivity index (χ3n) is 5.11. The Kier molecular flexibility index (Phi) is 6.64. The number of carbonyl (C=O) groups excluding carboxylic acids is 1. The lowest BCUT2D eigenvalue weighted by Crippen LogP contribution is -2.41. The number of hydrogen-bond acceptors (Lipinski definition) is 7. The molecule has 4 rings (SSSR count). The van der Waals surface area contributed by atoms with Crippen LogP contribution in [0.1, 0.15) is 31.2 Å². The van der Waals surface area contributed by atoms with E-state index in [1.54, 1.807) is 41.3 Å². The van der Waals surface area contributed by atoms with Crippen molar-refractivity contribution in [1.29, 1.82) is 0 Å². The third kappa shape index (κ3) is 5.23. The summed E-state index contributed by atoms with van der Waals surface area (Å²) >= 11 is 0. The first-order chi connectivity index (χ1) is 15.6. The lowest BCUT2D eigenvalue weighted by molar-refractivity contribution is -0.139. The minimum absolute atomic E-state index is 0.0650. The lowest BCUT2D eigenvalue weighted by atomic mass is 10.0. The maximum atomic E-state index is 12.9. The van der Waals surface area contributed by atoms with Gasteiger partial charge in [0.15, 0.2) is 13.2 Å². The summed E-state index contributed by atoms with van der Waals surface area (Å²) in [7, 11) is 0. The van der Waals surface area contributed by atoms with Crippen molar-refractivity contribution in [2.75, 3.05) is 19.8 Å². The highest BCUT2D eigenvalue weighted by atomic mass is 16.5. The van der Waals surface area contributed by atoms with E-state index in [2.05, 4.69) is 10.1 Å². The molecule has 0 saturated carbocycles. The smallest absolute Gasteiger partial charge is 0.341 e. The van der Waals surface area contributed by atoms with Crippen LogP contribution in [0.25, 0.3) is 11.4 Å². The number of piperidine rings is 1. The van der Waals surface area contributed by atoms with Crippen LogP contribution in [-0.4, -0.2) is 51.8 Å². The van der Waals surface area contributed by atoms with Crippen molar-refractivity contribution in [1.82, 2.24) is 15.0 Å². The molecule has 1 aliphatic heterocycles. The third-order valence-corrected chi connectivity index (χ3v) is 5.11. The summed E-state index contributed by atoms with van der Waals surface area (Å²) in [4.78, 5) is 29.8. The number of amides is 1. The highest BCUT2D eigenvalue weighted by molar-refractivity contribution is 5.78. The first kappa shape index (κ1) is 21.4. The van der Waals surface area contributed by atoms with E-state index in [4.69, 9.17) is 19.1 Å². The Morgan fingerprint density at radius 1 is 1.03 bits per heavy atom. The van der Waals surface area contributed by atoms with Gasteiger partial charge in [0.05, 0.1) is 0 Å². The zero-order valence-electron chi connectivity index (χ0n) is 17.3. The molecule has 0 bridgehead atoms. The van der Waals surface area contributed by atoms with Crippen LogP contribution in [0, 0.1) is 0 Å². The fraction of sp³-hybridized carbons (Fsp3) is 0.304. The number of rotatable bonds is 8. The maximum absolute atomic E-state index is 12.9. The predicted octanol–water partition coefficient (Wildman–Crippen LogP) is 3.33. The quantitative estimate of drug-likeness (QED) is 0.571. The summed E-state index contributed by atoms with van der Waals surface area (Å²) in [6, 6.07) is 15.7. The highest BCUT2D eigenvalue weighted by Crippen LogP contribution is 2.32. The molecule has 1 saturated heterocycles. The van der Waals surface area contributed by atoms with E-state index in [0.29, 0.717) is 35.3 Å². The molecule has 1 amide bonds. The van der Waals surface area contributed by atoms with Gasteiger partial charge in [-0.1, -0.05) is 35.5 Å². The van der Waals surface area contributed by atoms with Crippen LogP contribution in [0.5, 0.6) is 11.5 Å². The summed E-state index contributed by atoms with van der Waals surface area (Å²) in [5, 5.41) is 12.8. The first-order valence-electron chi connectivity index (χ1n) is 10.4. The molecular formula is C23H23N3O6. The van der Waals surface area contributed by atoms with Gasteiger partial charge in [-0.15, -0.1) is 0 Å². The number of ether oxygens (including phenoxy) is 2. The summed E-state index contributed by atoms with van der Waals surface area (Å²) in [6.07, 6.45) is 2.57. The number of para-hydroxylation sites is 1. The average Bonchev–Trinajstić information content (AvgIpc) is 3.32. The number of carboxylic acid groups (broad SMARTS) is 1. The standard InChI is InChI=1S/C23H23N3O6/c27-20(14-30-17-8-2-1-3-9-17)26-12-5-4-11-19(26)23-24-22(25-32-23)16-7-6-10-18(13-16)31-15-21(28)29/h1-3,6-10,13,19H,4-5,11-12,14-15H2,(H,28,29)/t19-/m1/s1. The minimum Gasteiger partial charge on any atom is -0.484 e. The maximum Gasteiger partial charge on any atom is 0.341 e. The molecule has 1 fully saturated rings. The minimum atomic E-state index is -1.06. The summed E-state index contributed by atoms with van der Waals surface area (Å²) in [5.74, 6) is 0.546. The molecule has 0 radical (unpaired) electrons. The normalized spacial score (nSPS) is 15.9. The van der Waals surface area contributed by atoms with Crippen LogP contribution in [-0.2, 0) is 9.59 Å². The van der Waals surface area contributed by atoms with Gasteiger partial charge in [0.1, 0.15) is 17.5 Å². The Balaban J connectivity index is 1.46. The van der Waals surface area contributed by atoms with E-state index in [1.807, 2.05) is 18.2 Å². The largest absolute Gasteiger partial charge is 0.484 e. The second-order valence-corrected chi connectivity index (χ2v) is 7.37. The van der Waals surface area contributed by atoms with E-state index >= 15 is 0 Å². The van der Waals surface area contributed by atoms with Crippen LogP contribution < -0.4 is 9.47 Å². The van der Waals surface area contributed by atoms with Gasteiger partial charge in [-0.2, -0.15) is 4.98 Å². The Labute approximate surface area is 184 Å². The summed E-state index contributed by atoms with van der Waals surface area (Å²) in [5.41, 5.74) is 0.629. The van der Waals surface area contributed by atoms with Crippen LogP contribution in [0.3, 0.4) is 0 Å². The summed E-state index contributed by atoms with van der Waals surface area (Å²) < 4.78 is 16.3. The van der Waals surface area contributed by atoms with Gasteiger partial charge in [-0.25, -0.2) is 4.79 Å². The Morgan fingerprint density at radius 2 is 1.81 bits per heavy atom. The average molecular weight is 437 g/mol. The van der Waals surface area contributed by atoms with E-state index in [9.17, 15) is 9.59 Å². The fourth-order valence-corrected chi connectivity index (χ4v) is 3.59. The van der Waals surface area contributed by atoms with E-state index in [-0.39, 0.29) is 18.6 Å². The molecule has 1 aliphatic rings. The van der Waals surface area contributed by atoms with Gasteiger partial charge in [-0.05, 0) is 43.5 Å². The van der Waals surface area contributed by atoms with Crippen molar-refractivity contribution in [2.45, 2.75) is 25.3 Å². The number of benzene rings is 2. The fourth-order valence-electron chi connectivity index (χ4n) is 3.59. The molecule has 2 heterocycles. The number of hydrogen-bond donors (Lipinski definition) is 1.